The van der Waals surface area contributed by atoms with Crippen molar-refractivity contribution in [3.05, 3.63) is 0 Å². The van der Waals surface area contributed by atoms with Gasteiger partial charge in [0.2, 0.25) is 5.91 Å². The van der Waals surface area contributed by atoms with E-state index in [0.717, 1.165) is 24.8 Å². The lowest BCUT2D eigenvalue weighted by Gasteiger charge is -2.24. The number of carbonyl (C=O) groups excluding carboxylic acids is 1. The normalized spacial score (nSPS) is 33.2. The average Bonchev–Trinajstić information content (AvgIpc) is 3.02. The van der Waals surface area contributed by atoms with Crippen LogP contribution in [0.5, 0.6) is 0 Å². The molecule has 21 heavy (non-hydrogen) atoms. The van der Waals surface area contributed by atoms with E-state index in [1.807, 2.05) is 0 Å². The summed E-state index contributed by atoms with van der Waals surface area (Å²) in [5.74, 6) is 1.75. The third-order valence-corrected chi connectivity index (χ3v) is 5.62. The van der Waals surface area contributed by atoms with Gasteiger partial charge in [-0.1, -0.05) is 26.7 Å². The molecule has 3 aliphatic rings. The smallest absolute Gasteiger partial charge is 0.237 e. The lowest BCUT2D eigenvalue weighted by Crippen LogP contribution is -2.44. The van der Waals surface area contributed by atoms with Crippen LogP contribution in [0.2, 0.25) is 0 Å². The van der Waals surface area contributed by atoms with Crippen molar-refractivity contribution in [2.24, 2.45) is 17.3 Å². The van der Waals surface area contributed by atoms with Crippen molar-refractivity contribution < 1.29 is 4.79 Å². The van der Waals surface area contributed by atoms with Gasteiger partial charge in [-0.05, 0) is 55.8 Å². The van der Waals surface area contributed by atoms with Crippen molar-refractivity contribution in [2.75, 3.05) is 6.54 Å². The molecule has 3 fully saturated rings. The minimum absolute atomic E-state index is 0. The van der Waals surface area contributed by atoms with Crippen molar-refractivity contribution in [3.63, 3.8) is 0 Å². The summed E-state index contributed by atoms with van der Waals surface area (Å²) in [6, 6.07) is 0.697. The molecule has 122 valence electrons. The second-order valence-electron chi connectivity index (χ2n) is 7.92. The predicted octanol–water partition coefficient (Wildman–Crippen LogP) is 3.27. The van der Waals surface area contributed by atoms with Gasteiger partial charge in [0.1, 0.15) is 0 Å². The van der Waals surface area contributed by atoms with Crippen molar-refractivity contribution in [2.45, 2.75) is 77.3 Å². The van der Waals surface area contributed by atoms with Gasteiger partial charge in [0.05, 0.1) is 6.04 Å². The number of fused-ring (bicyclic) bond motifs is 1. The van der Waals surface area contributed by atoms with E-state index in [-0.39, 0.29) is 24.4 Å². The van der Waals surface area contributed by atoms with Gasteiger partial charge in [0, 0.05) is 12.6 Å². The molecule has 1 saturated heterocycles. The molecule has 2 N–H and O–H groups in total. The van der Waals surface area contributed by atoms with Crippen LogP contribution in [0.1, 0.15) is 65.2 Å². The molecular weight excluding hydrogens is 284 g/mol. The Labute approximate surface area is 135 Å². The Kier molecular flexibility index (Phi) is 5.59. The molecule has 0 aromatic rings. The maximum Gasteiger partial charge on any atom is 0.237 e. The third-order valence-electron chi connectivity index (χ3n) is 5.62. The van der Waals surface area contributed by atoms with Gasteiger partial charge in [0.25, 0.3) is 0 Å². The van der Waals surface area contributed by atoms with Crippen LogP contribution < -0.4 is 10.6 Å². The predicted molar refractivity (Wildman–Crippen MR) is 88.7 cm³/mol. The highest BCUT2D eigenvalue weighted by Gasteiger charge is 2.44. The Morgan fingerprint density at radius 2 is 2.00 bits per heavy atom. The van der Waals surface area contributed by atoms with E-state index in [1.165, 1.54) is 44.9 Å². The lowest BCUT2D eigenvalue weighted by atomic mass is 9.85. The monoisotopic (exact) mass is 314 g/mol. The zero-order valence-electron chi connectivity index (χ0n) is 13.5. The highest BCUT2D eigenvalue weighted by Crippen LogP contribution is 2.50. The van der Waals surface area contributed by atoms with Crippen molar-refractivity contribution in [1.82, 2.24) is 10.6 Å². The summed E-state index contributed by atoms with van der Waals surface area (Å²) in [6.07, 6.45) is 10.2. The molecular formula is C17H31ClN2O. The number of rotatable bonds is 5. The number of halogens is 1. The summed E-state index contributed by atoms with van der Waals surface area (Å²) in [5.41, 5.74) is 0.440. The van der Waals surface area contributed by atoms with Crippen LogP contribution in [-0.2, 0) is 4.79 Å². The van der Waals surface area contributed by atoms with Crippen LogP contribution in [0.25, 0.3) is 0 Å². The van der Waals surface area contributed by atoms with Gasteiger partial charge in [-0.3, -0.25) is 4.79 Å². The first kappa shape index (κ1) is 17.1. The van der Waals surface area contributed by atoms with Gasteiger partial charge in [-0.25, -0.2) is 0 Å². The molecule has 0 radical (unpaired) electrons. The molecule has 0 aromatic carbocycles. The van der Waals surface area contributed by atoms with E-state index in [2.05, 4.69) is 24.5 Å². The topological polar surface area (TPSA) is 41.1 Å². The molecule has 3 unspecified atom stereocenters. The van der Waals surface area contributed by atoms with Crippen molar-refractivity contribution in [1.29, 1.82) is 0 Å². The Morgan fingerprint density at radius 1 is 1.29 bits per heavy atom. The van der Waals surface area contributed by atoms with Crippen LogP contribution in [0.15, 0.2) is 0 Å². The summed E-state index contributed by atoms with van der Waals surface area (Å²) in [5, 5.41) is 6.82. The van der Waals surface area contributed by atoms with Crippen LogP contribution in [0.4, 0.5) is 0 Å². The minimum Gasteiger partial charge on any atom is -0.354 e. The average molecular weight is 315 g/mol. The summed E-state index contributed by atoms with van der Waals surface area (Å²) in [6.45, 7) is 5.47. The molecule has 0 bridgehead atoms. The van der Waals surface area contributed by atoms with E-state index >= 15 is 0 Å². The fourth-order valence-electron chi connectivity index (χ4n) is 4.41. The van der Waals surface area contributed by atoms with Gasteiger partial charge in [0.15, 0.2) is 0 Å². The highest BCUT2D eigenvalue weighted by molar-refractivity contribution is 5.85. The van der Waals surface area contributed by atoms with E-state index < -0.39 is 0 Å². The first-order chi connectivity index (χ1) is 9.58. The Morgan fingerprint density at radius 3 is 2.62 bits per heavy atom. The first-order valence-electron chi connectivity index (χ1n) is 8.62. The zero-order chi connectivity index (χ0) is 14.2. The summed E-state index contributed by atoms with van der Waals surface area (Å²) >= 11 is 0. The minimum atomic E-state index is 0. The van der Waals surface area contributed by atoms with Crippen molar-refractivity contribution in [3.8, 4) is 0 Å². The SMILES string of the molecule is CC(C)CC1(CNC(=O)C2CC3CCCCC3N2)CC1.Cl. The van der Waals surface area contributed by atoms with Gasteiger partial charge < -0.3 is 10.6 Å². The highest BCUT2D eigenvalue weighted by atomic mass is 35.5. The number of carbonyl (C=O) groups is 1. The maximum absolute atomic E-state index is 12.4. The molecule has 1 amide bonds. The van der Waals surface area contributed by atoms with Crippen LogP contribution >= 0.6 is 12.4 Å². The fraction of sp³-hybridized carbons (Fsp3) is 0.941. The second kappa shape index (κ2) is 6.87. The first-order valence-corrected chi connectivity index (χ1v) is 8.62. The number of hydrogen-bond acceptors (Lipinski definition) is 2. The molecule has 1 heterocycles. The molecule has 3 nitrogen and oxygen atoms in total. The van der Waals surface area contributed by atoms with Gasteiger partial charge in [-0.15, -0.1) is 12.4 Å². The summed E-state index contributed by atoms with van der Waals surface area (Å²) in [7, 11) is 0. The molecule has 4 heteroatoms. The Bertz CT molecular complexity index is 354. The Hall–Kier alpha value is -0.280. The molecule has 0 spiro atoms. The van der Waals surface area contributed by atoms with E-state index in [1.54, 1.807) is 0 Å². The Balaban J connectivity index is 0.00000161. The van der Waals surface area contributed by atoms with E-state index in [0.29, 0.717) is 11.5 Å². The number of nitrogens with one attached hydrogen (secondary N) is 2. The van der Waals surface area contributed by atoms with Crippen molar-refractivity contribution >= 4 is 18.3 Å². The van der Waals surface area contributed by atoms with Gasteiger partial charge in [-0.2, -0.15) is 0 Å². The third kappa shape index (κ3) is 4.13. The van der Waals surface area contributed by atoms with Crippen LogP contribution in [0, 0.1) is 17.3 Å². The second-order valence-corrected chi connectivity index (χ2v) is 7.92. The quantitative estimate of drug-likeness (QED) is 0.817. The summed E-state index contributed by atoms with van der Waals surface area (Å²) in [4.78, 5) is 12.4. The molecule has 1 aliphatic heterocycles. The lowest BCUT2D eigenvalue weighted by molar-refractivity contribution is -0.123. The van der Waals surface area contributed by atoms with Crippen LogP contribution in [0.3, 0.4) is 0 Å². The molecule has 0 aromatic heterocycles. The van der Waals surface area contributed by atoms with Gasteiger partial charge >= 0.3 is 0 Å². The molecule has 2 saturated carbocycles. The van der Waals surface area contributed by atoms with E-state index in [9.17, 15) is 4.79 Å². The molecule has 2 aliphatic carbocycles. The summed E-state index contributed by atoms with van der Waals surface area (Å²) < 4.78 is 0. The largest absolute Gasteiger partial charge is 0.354 e. The molecule has 3 atom stereocenters. The van der Waals surface area contributed by atoms with Crippen LogP contribution in [-0.4, -0.2) is 24.5 Å². The molecule has 3 rings (SSSR count). The standard InChI is InChI=1S/C17H30N2O.ClH/c1-12(2)10-17(7-8-17)11-18-16(20)15-9-13-5-3-4-6-14(13)19-15;/h12-15,19H,3-11H2,1-2H3,(H,18,20);1H. The van der Waals surface area contributed by atoms with E-state index in [4.69, 9.17) is 0 Å². The number of hydrogen-bond donors (Lipinski definition) is 2. The zero-order valence-corrected chi connectivity index (χ0v) is 14.3. The maximum atomic E-state index is 12.4. The fourth-order valence-corrected chi connectivity index (χ4v) is 4.41. The number of amides is 1.